The van der Waals surface area contributed by atoms with Gasteiger partial charge in [-0.2, -0.15) is 0 Å². The van der Waals surface area contributed by atoms with Crippen LogP contribution in [-0.2, 0) is 9.59 Å². The van der Waals surface area contributed by atoms with Crippen LogP contribution in [-0.4, -0.2) is 59.8 Å². The normalized spacial score (nSPS) is 16.6. The van der Waals surface area contributed by atoms with E-state index in [0.717, 1.165) is 0 Å². The second kappa shape index (κ2) is 10.9. The Kier molecular flexibility index (Phi) is 7.72. The number of fused-ring (bicyclic) bond motifs is 1. The first-order valence-electron chi connectivity index (χ1n) is 11.3. The number of halogens is 1. The Morgan fingerprint density at radius 1 is 1.06 bits per heavy atom. The lowest BCUT2D eigenvalue weighted by Gasteiger charge is -2.33. The number of hydrogen-bond acceptors (Lipinski definition) is 6. The molecule has 2 aliphatic rings. The Bertz CT molecular complexity index is 1050. The minimum absolute atomic E-state index is 0.0372. The van der Waals surface area contributed by atoms with E-state index in [4.69, 9.17) is 9.47 Å². The van der Waals surface area contributed by atoms with Gasteiger partial charge in [-0.3, -0.25) is 14.4 Å². The van der Waals surface area contributed by atoms with Gasteiger partial charge in [0.2, 0.25) is 11.8 Å². The van der Waals surface area contributed by atoms with Gasteiger partial charge in [-0.25, -0.2) is 4.39 Å². The Hall–Kier alpha value is -3.07. The summed E-state index contributed by atoms with van der Waals surface area (Å²) in [6.45, 7) is 3.77. The number of hydrogen-bond donors (Lipinski definition) is 1. The molecule has 7 nitrogen and oxygen atoms in total. The van der Waals surface area contributed by atoms with Crippen molar-refractivity contribution in [2.24, 2.45) is 5.92 Å². The number of piperidine rings is 1. The van der Waals surface area contributed by atoms with Crippen LogP contribution in [0.1, 0.15) is 30.1 Å². The first-order valence-corrected chi connectivity index (χ1v) is 12.4. The lowest BCUT2D eigenvalue weighted by atomic mass is 9.88. The van der Waals surface area contributed by atoms with E-state index in [1.165, 1.54) is 36.0 Å². The van der Waals surface area contributed by atoms with Crippen molar-refractivity contribution in [3.05, 3.63) is 53.8 Å². The number of carbonyl (C=O) groups excluding carboxylic acids is 3. The Morgan fingerprint density at radius 3 is 2.44 bits per heavy atom. The van der Waals surface area contributed by atoms with E-state index in [-0.39, 0.29) is 40.3 Å². The van der Waals surface area contributed by atoms with Gasteiger partial charge >= 0.3 is 0 Å². The summed E-state index contributed by atoms with van der Waals surface area (Å²) in [5.74, 6) is 0.622. The summed E-state index contributed by atoms with van der Waals surface area (Å²) in [7, 11) is 0. The molecule has 1 saturated heterocycles. The molecule has 1 N–H and O–H groups in total. The maximum absolute atomic E-state index is 13.0. The molecule has 4 rings (SSSR count). The Balaban J connectivity index is 1.23. The van der Waals surface area contributed by atoms with Crippen molar-refractivity contribution in [3.8, 4) is 11.5 Å². The quantitative estimate of drug-likeness (QED) is 0.600. The second-order valence-electron chi connectivity index (χ2n) is 8.33. The largest absolute Gasteiger partial charge is 0.486 e. The third kappa shape index (κ3) is 5.88. The summed E-state index contributed by atoms with van der Waals surface area (Å²) in [6, 6.07) is 10.8. The fourth-order valence-corrected chi connectivity index (χ4v) is 4.82. The van der Waals surface area contributed by atoms with Crippen molar-refractivity contribution in [2.75, 3.05) is 37.4 Å². The number of ketones is 1. The van der Waals surface area contributed by atoms with Gasteiger partial charge in [0.15, 0.2) is 17.3 Å². The van der Waals surface area contributed by atoms with Crippen LogP contribution >= 0.6 is 11.8 Å². The van der Waals surface area contributed by atoms with Gasteiger partial charge in [0.05, 0.1) is 11.0 Å². The maximum Gasteiger partial charge on any atom is 0.235 e. The van der Waals surface area contributed by atoms with Gasteiger partial charge in [0.25, 0.3) is 0 Å². The van der Waals surface area contributed by atoms with E-state index in [0.29, 0.717) is 61.9 Å². The molecule has 1 unspecified atom stereocenters. The molecule has 2 aromatic rings. The average Bonchev–Trinajstić information content (AvgIpc) is 2.87. The van der Waals surface area contributed by atoms with Gasteiger partial charge in [-0.1, -0.05) is 0 Å². The van der Waals surface area contributed by atoms with Gasteiger partial charge in [0, 0.05) is 30.3 Å². The maximum atomic E-state index is 13.0. The highest BCUT2D eigenvalue weighted by atomic mass is 32.2. The molecule has 0 radical (unpaired) electrons. The van der Waals surface area contributed by atoms with Gasteiger partial charge < -0.3 is 19.7 Å². The number of anilines is 1. The SMILES string of the molecule is CC(SCC(=O)Nc1ccc(F)cc1)C(=O)N1CCC(C(=O)c2ccc3c(c2)OCCO3)CC1. The van der Waals surface area contributed by atoms with Crippen LogP contribution in [0, 0.1) is 11.7 Å². The molecule has 0 aromatic heterocycles. The van der Waals surface area contributed by atoms with Crippen LogP contribution < -0.4 is 14.8 Å². The lowest BCUT2D eigenvalue weighted by molar-refractivity contribution is -0.131. The zero-order valence-electron chi connectivity index (χ0n) is 18.9. The third-order valence-electron chi connectivity index (χ3n) is 5.94. The van der Waals surface area contributed by atoms with Crippen LogP contribution in [0.5, 0.6) is 11.5 Å². The second-order valence-corrected chi connectivity index (χ2v) is 9.66. The highest BCUT2D eigenvalue weighted by molar-refractivity contribution is 8.01. The molecular weight excluding hydrogens is 459 g/mol. The molecule has 0 spiro atoms. The molecular formula is C25H27FN2O5S. The van der Waals surface area contributed by atoms with Gasteiger partial charge in [-0.15, -0.1) is 11.8 Å². The number of thioether (sulfide) groups is 1. The molecule has 34 heavy (non-hydrogen) atoms. The molecule has 0 saturated carbocycles. The van der Waals surface area contributed by atoms with Crippen LogP contribution in [0.2, 0.25) is 0 Å². The monoisotopic (exact) mass is 486 g/mol. The average molecular weight is 487 g/mol. The zero-order valence-corrected chi connectivity index (χ0v) is 19.7. The molecule has 0 aliphatic carbocycles. The van der Waals surface area contributed by atoms with E-state index in [1.807, 2.05) is 0 Å². The summed E-state index contributed by atoms with van der Waals surface area (Å²) < 4.78 is 24.1. The number of carbonyl (C=O) groups is 3. The number of ether oxygens (including phenoxy) is 2. The Labute approximate surface area is 202 Å². The predicted octanol–water partition coefficient (Wildman–Crippen LogP) is 3.78. The number of rotatable bonds is 7. The highest BCUT2D eigenvalue weighted by Crippen LogP contribution is 2.32. The molecule has 1 atom stereocenters. The number of amides is 2. The number of Topliss-reactive ketones (excluding diaryl/α,β-unsaturated/α-hetero) is 1. The lowest BCUT2D eigenvalue weighted by Crippen LogP contribution is -2.43. The topological polar surface area (TPSA) is 84.9 Å². The number of nitrogens with zero attached hydrogens (tertiary/aromatic N) is 1. The van der Waals surface area contributed by atoms with Crippen LogP contribution in [0.25, 0.3) is 0 Å². The smallest absolute Gasteiger partial charge is 0.235 e. The zero-order chi connectivity index (χ0) is 24.1. The van der Waals surface area contributed by atoms with E-state index in [9.17, 15) is 18.8 Å². The third-order valence-corrected chi connectivity index (χ3v) is 7.07. The van der Waals surface area contributed by atoms with E-state index >= 15 is 0 Å². The fraction of sp³-hybridized carbons (Fsp3) is 0.400. The van der Waals surface area contributed by atoms with Crippen molar-refractivity contribution in [1.82, 2.24) is 4.90 Å². The van der Waals surface area contributed by atoms with E-state index in [2.05, 4.69) is 5.32 Å². The van der Waals surface area contributed by atoms with E-state index < -0.39 is 0 Å². The first-order chi connectivity index (χ1) is 16.4. The first kappa shape index (κ1) is 24.1. The number of likely N-dealkylation sites (tertiary alicyclic amines) is 1. The van der Waals surface area contributed by atoms with E-state index in [1.54, 1.807) is 30.0 Å². The van der Waals surface area contributed by atoms with Crippen LogP contribution in [0.4, 0.5) is 10.1 Å². The predicted molar refractivity (Wildman–Crippen MR) is 128 cm³/mol. The highest BCUT2D eigenvalue weighted by Gasteiger charge is 2.30. The Morgan fingerprint density at radius 2 is 1.74 bits per heavy atom. The number of benzene rings is 2. The van der Waals surface area contributed by atoms with Gasteiger partial charge in [0.1, 0.15) is 19.0 Å². The van der Waals surface area contributed by atoms with Crippen molar-refractivity contribution >= 4 is 35.0 Å². The molecule has 0 bridgehead atoms. The van der Waals surface area contributed by atoms with Crippen LogP contribution in [0.3, 0.4) is 0 Å². The molecule has 2 aliphatic heterocycles. The molecule has 2 amide bonds. The van der Waals surface area contributed by atoms with Crippen molar-refractivity contribution in [3.63, 3.8) is 0 Å². The van der Waals surface area contributed by atoms with Crippen molar-refractivity contribution < 1.29 is 28.2 Å². The number of nitrogens with one attached hydrogen (secondary N) is 1. The fourth-order valence-electron chi connectivity index (χ4n) is 4.05. The molecule has 9 heteroatoms. The minimum Gasteiger partial charge on any atom is -0.486 e. The van der Waals surface area contributed by atoms with Crippen molar-refractivity contribution in [1.29, 1.82) is 0 Å². The van der Waals surface area contributed by atoms with Crippen molar-refractivity contribution in [2.45, 2.75) is 25.0 Å². The van der Waals surface area contributed by atoms with Gasteiger partial charge in [-0.05, 0) is 62.2 Å². The summed E-state index contributed by atoms with van der Waals surface area (Å²) in [5, 5.41) is 2.30. The summed E-state index contributed by atoms with van der Waals surface area (Å²) in [4.78, 5) is 39.7. The van der Waals surface area contributed by atoms with Crippen LogP contribution in [0.15, 0.2) is 42.5 Å². The molecule has 180 valence electrons. The molecule has 2 aromatic carbocycles. The summed E-state index contributed by atoms with van der Waals surface area (Å²) in [5.41, 5.74) is 1.11. The molecule has 2 heterocycles. The minimum atomic E-state index is -0.385. The summed E-state index contributed by atoms with van der Waals surface area (Å²) >= 11 is 1.26. The summed E-state index contributed by atoms with van der Waals surface area (Å²) in [6.07, 6.45) is 1.20. The standard InChI is InChI=1S/C25H27FN2O5S/c1-16(34-15-23(29)27-20-5-3-19(26)4-6-20)25(31)28-10-8-17(9-11-28)24(30)18-2-7-21-22(14-18)33-13-12-32-21/h2-7,14,16-17H,8-13,15H2,1H3,(H,27,29). The molecule has 1 fully saturated rings.